The Hall–Kier alpha value is -1.88. The number of nitrogens with two attached hydrogens (primary N) is 1. The molecular weight excluding hydrogens is 254 g/mol. The summed E-state index contributed by atoms with van der Waals surface area (Å²) in [6.07, 6.45) is 1.46. The first-order valence-electron chi connectivity index (χ1n) is 6.65. The maximum atomic E-state index is 5.95. The molecule has 0 saturated heterocycles. The minimum absolute atomic E-state index is 0.240. The van der Waals surface area contributed by atoms with E-state index in [4.69, 9.17) is 15.0 Å². The molecule has 0 amide bonds. The third kappa shape index (κ3) is 3.57. The molecule has 2 N–H and O–H groups in total. The van der Waals surface area contributed by atoms with Crippen LogP contribution in [0.3, 0.4) is 0 Å². The Morgan fingerprint density at radius 1 is 1.35 bits per heavy atom. The third-order valence-electron chi connectivity index (χ3n) is 3.05. The molecule has 2 aromatic rings. The van der Waals surface area contributed by atoms with Gasteiger partial charge in [-0.25, -0.2) is 0 Å². The second kappa shape index (κ2) is 5.63. The Balaban J connectivity index is 2.20. The average Bonchev–Trinajstić information content (AvgIpc) is 2.84. The van der Waals surface area contributed by atoms with Crippen molar-refractivity contribution in [3.63, 3.8) is 0 Å². The lowest BCUT2D eigenvalue weighted by Gasteiger charge is -2.16. The summed E-state index contributed by atoms with van der Waals surface area (Å²) < 4.78 is 10.6. The van der Waals surface area contributed by atoms with Crippen LogP contribution in [0.5, 0.6) is 5.75 Å². The van der Waals surface area contributed by atoms with E-state index in [0.717, 1.165) is 23.3 Å². The van der Waals surface area contributed by atoms with Crippen molar-refractivity contribution in [1.29, 1.82) is 0 Å². The van der Waals surface area contributed by atoms with E-state index in [2.05, 4.69) is 10.1 Å². The predicted octanol–water partition coefficient (Wildman–Crippen LogP) is 2.72. The Morgan fingerprint density at radius 2 is 2.10 bits per heavy atom. The van der Waals surface area contributed by atoms with Crippen LogP contribution in [0.1, 0.15) is 31.7 Å². The van der Waals surface area contributed by atoms with Gasteiger partial charge in [0.1, 0.15) is 5.75 Å². The number of rotatable bonds is 5. The highest BCUT2D eigenvalue weighted by Crippen LogP contribution is 2.28. The van der Waals surface area contributed by atoms with Gasteiger partial charge in [-0.15, -0.1) is 0 Å². The Morgan fingerprint density at radius 3 is 2.75 bits per heavy atom. The standard InChI is InChI=1S/C15H21N3O2/c1-10-5-6-11(12(9-10)19-4)14-17-13(20-18-14)7-8-15(2,3)16/h5-6,9H,7-8,16H2,1-4H3. The fraction of sp³-hybridized carbons (Fsp3) is 0.467. The quantitative estimate of drug-likeness (QED) is 0.908. The van der Waals surface area contributed by atoms with Crippen molar-refractivity contribution in [2.75, 3.05) is 7.11 Å². The van der Waals surface area contributed by atoms with Gasteiger partial charge in [0, 0.05) is 12.0 Å². The lowest BCUT2D eigenvalue weighted by molar-refractivity contribution is 0.358. The SMILES string of the molecule is COc1cc(C)ccc1-c1noc(CCC(C)(C)N)n1. The summed E-state index contributed by atoms with van der Waals surface area (Å²) in [4.78, 5) is 4.41. The zero-order valence-corrected chi connectivity index (χ0v) is 12.4. The van der Waals surface area contributed by atoms with E-state index in [1.165, 1.54) is 0 Å². The summed E-state index contributed by atoms with van der Waals surface area (Å²) in [6, 6.07) is 5.89. The molecule has 1 aromatic carbocycles. The van der Waals surface area contributed by atoms with Crippen LogP contribution < -0.4 is 10.5 Å². The van der Waals surface area contributed by atoms with Crippen LogP contribution in [0.2, 0.25) is 0 Å². The van der Waals surface area contributed by atoms with Gasteiger partial charge in [-0.2, -0.15) is 4.98 Å². The largest absolute Gasteiger partial charge is 0.496 e. The number of hydrogen-bond acceptors (Lipinski definition) is 5. The number of ether oxygens (including phenoxy) is 1. The molecule has 20 heavy (non-hydrogen) atoms. The van der Waals surface area contributed by atoms with Crippen LogP contribution in [0.25, 0.3) is 11.4 Å². The van der Waals surface area contributed by atoms with Crippen molar-refractivity contribution in [2.24, 2.45) is 5.73 Å². The van der Waals surface area contributed by atoms with E-state index >= 15 is 0 Å². The molecule has 0 aliphatic carbocycles. The topological polar surface area (TPSA) is 74.2 Å². The van der Waals surface area contributed by atoms with E-state index in [1.54, 1.807) is 7.11 Å². The monoisotopic (exact) mass is 275 g/mol. The lowest BCUT2D eigenvalue weighted by atomic mass is 10.0. The van der Waals surface area contributed by atoms with Crippen molar-refractivity contribution in [3.8, 4) is 17.1 Å². The van der Waals surface area contributed by atoms with Crippen molar-refractivity contribution in [2.45, 2.75) is 39.2 Å². The van der Waals surface area contributed by atoms with Crippen molar-refractivity contribution >= 4 is 0 Å². The molecule has 0 aliphatic heterocycles. The number of methoxy groups -OCH3 is 1. The van der Waals surface area contributed by atoms with Gasteiger partial charge in [-0.1, -0.05) is 11.2 Å². The van der Waals surface area contributed by atoms with Crippen molar-refractivity contribution in [3.05, 3.63) is 29.7 Å². The molecule has 0 bridgehead atoms. The number of aromatic nitrogens is 2. The van der Waals surface area contributed by atoms with Gasteiger partial charge in [0.05, 0.1) is 12.7 Å². The smallest absolute Gasteiger partial charge is 0.227 e. The second-order valence-corrected chi connectivity index (χ2v) is 5.70. The molecule has 0 fully saturated rings. The van der Waals surface area contributed by atoms with Crippen LogP contribution in [-0.2, 0) is 6.42 Å². The zero-order valence-electron chi connectivity index (χ0n) is 12.4. The van der Waals surface area contributed by atoms with E-state index in [9.17, 15) is 0 Å². The molecule has 0 unspecified atom stereocenters. The number of nitrogens with zero attached hydrogens (tertiary/aromatic N) is 2. The fourth-order valence-corrected chi connectivity index (χ4v) is 1.88. The maximum absolute atomic E-state index is 5.95. The fourth-order valence-electron chi connectivity index (χ4n) is 1.88. The summed E-state index contributed by atoms with van der Waals surface area (Å²) >= 11 is 0. The molecule has 0 saturated carbocycles. The summed E-state index contributed by atoms with van der Waals surface area (Å²) in [6.45, 7) is 5.97. The molecule has 0 atom stereocenters. The third-order valence-corrected chi connectivity index (χ3v) is 3.05. The summed E-state index contributed by atoms with van der Waals surface area (Å²) in [7, 11) is 1.64. The van der Waals surface area contributed by atoms with Crippen molar-refractivity contribution < 1.29 is 9.26 Å². The second-order valence-electron chi connectivity index (χ2n) is 5.70. The summed E-state index contributed by atoms with van der Waals surface area (Å²) in [5, 5.41) is 4.02. The first-order chi connectivity index (χ1) is 9.39. The molecule has 2 rings (SSSR count). The van der Waals surface area contributed by atoms with Gasteiger partial charge in [0.2, 0.25) is 11.7 Å². The van der Waals surface area contributed by atoms with E-state index < -0.39 is 0 Å². The highest BCUT2D eigenvalue weighted by atomic mass is 16.5. The molecule has 5 nitrogen and oxygen atoms in total. The Labute approximate surface area is 119 Å². The minimum Gasteiger partial charge on any atom is -0.496 e. The first-order valence-corrected chi connectivity index (χ1v) is 6.65. The molecule has 0 radical (unpaired) electrons. The van der Waals surface area contributed by atoms with Crippen LogP contribution in [0.15, 0.2) is 22.7 Å². The first kappa shape index (κ1) is 14.5. The van der Waals surface area contributed by atoms with Crippen LogP contribution in [0, 0.1) is 6.92 Å². The van der Waals surface area contributed by atoms with Gasteiger partial charge in [-0.05, 0) is 44.9 Å². The minimum atomic E-state index is -0.240. The number of hydrogen-bond donors (Lipinski definition) is 1. The van der Waals surface area contributed by atoms with E-state index in [1.807, 2.05) is 39.0 Å². The van der Waals surface area contributed by atoms with Gasteiger partial charge in [0.15, 0.2) is 0 Å². The summed E-state index contributed by atoms with van der Waals surface area (Å²) in [5.74, 6) is 1.89. The lowest BCUT2D eigenvalue weighted by Crippen LogP contribution is -2.32. The molecule has 5 heteroatoms. The average molecular weight is 275 g/mol. The molecule has 0 aliphatic rings. The van der Waals surface area contributed by atoms with Crippen LogP contribution in [-0.4, -0.2) is 22.8 Å². The van der Waals surface area contributed by atoms with Gasteiger partial charge in [-0.3, -0.25) is 0 Å². The maximum Gasteiger partial charge on any atom is 0.227 e. The normalized spacial score (nSPS) is 11.7. The van der Waals surface area contributed by atoms with E-state index in [0.29, 0.717) is 18.1 Å². The Kier molecular flexibility index (Phi) is 4.09. The highest BCUT2D eigenvalue weighted by molar-refractivity contribution is 5.64. The Bertz CT molecular complexity index is 585. The molecule has 1 aromatic heterocycles. The highest BCUT2D eigenvalue weighted by Gasteiger charge is 2.16. The predicted molar refractivity (Wildman–Crippen MR) is 77.6 cm³/mol. The van der Waals surface area contributed by atoms with Gasteiger partial charge >= 0.3 is 0 Å². The van der Waals surface area contributed by atoms with Crippen LogP contribution in [0.4, 0.5) is 0 Å². The number of benzene rings is 1. The van der Waals surface area contributed by atoms with E-state index in [-0.39, 0.29) is 5.54 Å². The number of aryl methyl sites for hydroxylation is 2. The molecular formula is C15H21N3O2. The zero-order chi connectivity index (χ0) is 14.8. The van der Waals surface area contributed by atoms with Gasteiger partial charge in [0.25, 0.3) is 0 Å². The van der Waals surface area contributed by atoms with Crippen molar-refractivity contribution in [1.82, 2.24) is 10.1 Å². The van der Waals surface area contributed by atoms with Gasteiger partial charge < -0.3 is 15.0 Å². The summed E-state index contributed by atoms with van der Waals surface area (Å²) in [5.41, 5.74) is 7.67. The molecule has 108 valence electrons. The van der Waals surface area contributed by atoms with Crippen LogP contribution >= 0.6 is 0 Å². The molecule has 0 spiro atoms. The molecule has 1 heterocycles.